The van der Waals surface area contributed by atoms with Crippen molar-refractivity contribution in [3.63, 3.8) is 0 Å². The number of nitrogens with one attached hydrogen (secondary N) is 1. The van der Waals surface area contributed by atoms with E-state index in [9.17, 15) is 8.78 Å². The fourth-order valence-electron chi connectivity index (χ4n) is 1.84. The van der Waals surface area contributed by atoms with Gasteiger partial charge in [-0.15, -0.1) is 0 Å². The van der Waals surface area contributed by atoms with Crippen molar-refractivity contribution in [2.45, 2.75) is 12.5 Å². The van der Waals surface area contributed by atoms with E-state index < -0.39 is 11.6 Å². The van der Waals surface area contributed by atoms with Gasteiger partial charge in [-0.05, 0) is 19.1 Å². The van der Waals surface area contributed by atoms with Crippen molar-refractivity contribution in [2.75, 3.05) is 32.1 Å². The maximum Gasteiger partial charge on any atom is 0.185 e. The zero-order chi connectivity index (χ0) is 12.6. The molecule has 5 heteroatoms. The lowest BCUT2D eigenvalue weighted by atomic mass is 10.00. The summed E-state index contributed by atoms with van der Waals surface area (Å²) in [5, 5.41) is 3.09. The van der Waals surface area contributed by atoms with E-state index in [-0.39, 0.29) is 11.3 Å². The van der Waals surface area contributed by atoms with Crippen LogP contribution in [-0.4, -0.2) is 32.8 Å². The van der Waals surface area contributed by atoms with Crippen LogP contribution < -0.4 is 15.0 Å². The first-order valence-corrected chi connectivity index (χ1v) is 5.48. The van der Waals surface area contributed by atoms with E-state index >= 15 is 0 Å². The summed E-state index contributed by atoms with van der Waals surface area (Å²) in [5.41, 5.74) is -0.187. The van der Waals surface area contributed by atoms with Crippen molar-refractivity contribution >= 4 is 5.69 Å². The lowest BCUT2D eigenvalue weighted by molar-refractivity contribution is 0.0350. The van der Waals surface area contributed by atoms with E-state index in [2.05, 4.69) is 5.32 Å². The van der Waals surface area contributed by atoms with Crippen molar-refractivity contribution in [1.82, 2.24) is 5.32 Å². The van der Waals surface area contributed by atoms with Crippen LogP contribution in [0.1, 0.15) is 6.92 Å². The first-order chi connectivity index (χ1) is 7.93. The average molecular weight is 242 g/mol. The smallest absolute Gasteiger partial charge is 0.185 e. The number of hydrogen-bond acceptors (Lipinski definition) is 3. The van der Waals surface area contributed by atoms with Crippen LogP contribution in [0.5, 0.6) is 5.75 Å². The van der Waals surface area contributed by atoms with Crippen LogP contribution in [0.3, 0.4) is 0 Å². The van der Waals surface area contributed by atoms with Crippen LogP contribution in [0.2, 0.25) is 0 Å². The number of halogens is 2. The molecule has 2 rings (SSSR count). The highest BCUT2D eigenvalue weighted by atomic mass is 19.2. The third-order valence-electron chi connectivity index (χ3n) is 2.83. The molecule has 1 N–H and O–H groups in total. The summed E-state index contributed by atoms with van der Waals surface area (Å²) in [6.45, 7) is 3.35. The number of nitrogens with zero attached hydrogens (tertiary/aromatic N) is 1. The third kappa shape index (κ3) is 2.20. The number of rotatable bonds is 3. The quantitative estimate of drug-likeness (QED) is 0.874. The maximum absolute atomic E-state index is 13.7. The molecule has 0 aliphatic carbocycles. The molecule has 3 nitrogen and oxygen atoms in total. The fourth-order valence-corrected chi connectivity index (χ4v) is 1.84. The Labute approximate surface area is 99.4 Å². The van der Waals surface area contributed by atoms with Gasteiger partial charge in [-0.25, -0.2) is 8.78 Å². The Kier molecular flexibility index (Phi) is 2.95. The van der Waals surface area contributed by atoms with Gasteiger partial charge >= 0.3 is 0 Å². The molecule has 1 aliphatic rings. The highest BCUT2D eigenvalue weighted by Gasteiger charge is 2.35. The van der Waals surface area contributed by atoms with Crippen molar-refractivity contribution in [1.29, 1.82) is 0 Å². The number of ether oxygens (including phenoxy) is 1. The van der Waals surface area contributed by atoms with Gasteiger partial charge in [0.05, 0.1) is 0 Å². The minimum absolute atomic E-state index is 0.151. The second kappa shape index (κ2) is 4.14. The number of hydrogen-bond donors (Lipinski definition) is 1. The molecule has 0 atom stereocenters. The van der Waals surface area contributed by atoms with Gasteiger partial charge < -0.3 is 15.0 Å². The molecule has 17 heavy (non-hydrogen) atoms. The summed E-state index contributed by atoms with van der Waals surface area (Å²) < 4.78 is 32.6. The van der Waals surface area contributed by atoms with E-state index in [1.807, 2.05) is 6.92 Å². The van der Waals surface area contributed by atoms with Crippen LogP contribution in [0, 0.1) is 11.6 Å². The Morgan fingerprint density at radius 3 is 2.41 bits per heavy atom. The molecule has 1 aromatic carbocycles. The monoisotopic (exact) mass is 242 g/mol. The van der Waals surface area contributed by atoms with Crippen molar-refractivity contribution in [3.05, 3.63) is 23.8 Å². The van der Waals surface area contributed by atoms with Crippen molar-refractivity contribution in [2.24, 2.45) is 0 Å². The Morgan fingerprint density at radius 1 is 1.29 bits per heavy atom. The summed E-state index contributed by atoms with van der Waals surface area (Å²) in [7, 11) is 3.32. The second-order valence-electron chi connectivity index (χ2n) is 4.76. The van der Waals surface area contributed by atoms with Gasteiger partial charge in [-0.3, -0.25) is 0 Å². The largest absolute Gasteiger partial charge is 0.483 e. The first-order valence-electron chi connectivity index (χ1n) is 5.48. The zero-order valence-electron chi connectivity index (χ0n) is 10.2. The van der Waals surface area contributed by atoms with Crippen LogP contribution in [-0.2, 0) is 0 Å². The molecule has 1 aromatic rings. The Bertz CT molecular complexity index is 431. The summed E-state index contributed by atoms with van der Waals surface area (Å²) >= 11 is 0. The van der Waals surface area contributed by atoms with Gasteiger partial charge in [0.15, 0.2) is 11.6 Å². The highest BCUT2D eigenvalue weighted by molar-refractivity contribution is 5.59. The Hall–Kier alpha value is -1.36. The molecule has 0 bridgehead atoms. The Balaban J connectivity index is 2.36. The van der Waals surface area contributed by atoms with Crippen LogP contribution in [0.25, 0.3) is 0 Å². The van der Waals surface area contributed by atoms with E-state index in [1.54, 1.807) is 14.1 Å². The van der Waals surface area contributed by atoms with Crippen molar-refractivity contribution in [3.8, 4) is 5.75 Å². The van der Waals surface area contributed by atoms with Crippen LogP contribution >= 0.6 is 0 Å². The van der Waals surface area contributed by atoms with E-state index in [0.29, 0.717) is 18.8 Å². The van der Waals surface area contributed by atoms with Gasteiger partial charge in [-0.1, -0.05) is 0 Å². The molecule has 1 saturated heterocycles. The molecule has 0 aromatic heterocycles. The predicted octanol–water partition coefficient (Wildman–Crippen LogP) is 1.77. The van der Waals surface area contributed by atoms with E-state index in [1.165, 1.54) is 11.0 Å². The second-order valence-corrected chi connectivity index (χ2v) is 4.76. The van der Waals surface area contributed by atoms with Gasteiger partial charge in [0.25, 0.3) is 0 Å². The molecule has 0 amide bonds. The Morgan fingerprint density at radius 2 is 1.94 bits per heavy atom. The molecule has 0 unspecified atom stereocenters. The molecule has 94 valence electrons. The summed E-state index contributed by atoms with van der Waals surface area (Å²) in [5.74, 6) is -1.36. The molecule has 1 fully saturated rings. The maximum atomic E-state index is 13.7. The SMILES string of the molecule is CN(C)c1c(OC2(C)CNC2)ccc(F)c1F. The van der Waals surface area contributed by atoms with Gasteiger partial charge in [0.1, 0.15) is 17.0 Å². The summed E-state index contributed by atoms with van der Waals surface area (Å²) in [6, 6.07) is 2.56. The fraction of sp³-hybridized carbons (Fsp3) is 0.500. The summed E-state index contributed by atoms with van der Waals surface area (Å²) in [4.78, 5) is 1.52. The predicted molar refractivity (Wildman–Crippen MR) is 62.6 cm³/mol. The lowest BCUT2D eigenvalue weighted by Gasteiger charge is -2.40. The van der Waals surface area contributed by atoms with Crippen LogP contribution in [0.15, 0.2) is 12.1 Å². The molecule has 1 heterocycles. The molecular weight excluding hydrogens is 226 g/mol. The standard InChI is InChI=1S/C12H16F2N2O/c1-12(6-15-7-12)17-9-5-4-8(13)10(14)11(9)16(2)3/h4-5,15H,6-7H2,1-3H3. The highest BCUT2D eigenvalue weighted by Crippen LogP contribution is 2.34. The molecular formula is C12H16F2N2O. The minimum Gasteiger partial charge on any atom is -0.483 e. The van der Waals surface area contributed by atoms with E-state index in [4.69, 9.17) is 4.74 Å². The van der Waals surface area contributed by atoms with Crippen LogP contribution in [0.4, 0.5) is 14.5 Å². The molecule has 1 aliphatic heterocycles. The molecule has 0 spiro atoms. The van der Waals surface area contributed by atoms with E-state index in [0.717, 1.165) is 6.07 Å². The molecule has 0 radical (unpaired) electrons. The van der Waals surface area contributed by atoms with Gasteiger partial charge in [0.2, 0.25) is 0 Å². The number of benzene rings is 1. The first kappa shape index (κ1) is 12.1. The number of anilines is 1. The van der Waals surface area contributed by atoms with Gasteiger partial charge in [0, 0.05) is 27.2 Å². The van der Waals surface area contributed by atoms with Crippen molar-refractivity contribution < 1.29 is 13.5 Å². The normalized spacial score (nSPS) is 17.5. The molecule has 0 saturated carbocycles. The van der Waals surface area contributed by atoms with Gasteiger partial charge in [-0.2, -0.15) is 0 Å². The zero-order valence-corrected chi connectivity index (χ0v) is 10.2. The average Bonchev–Trinajstić information content (AvgIpc) is 2.21. The minimum atomic E-state index is -0.872. The topological polar surface area (TPSA) is 24.5 Å². The lowest BCUT2D eigenvalue weighted by Crippen LogP contribution is -2.61. The third-order valence-corrected chi connectivity index (χ3v) is 2.83. The summed E-state index contributed by atoms with van der Waals surface area (Å²) in [6.07, 6.45) is 0.